The second kappa shape index (κ2) is 7.86. The van der Waals surface area contributed by atoms with Gasteiger partial charge in [-0.1, -0.05) is 36.4 Å². The number of hydrogen-bond acceptors (Lipinski definition) is 6. The molecule has 1 aliphatic rings. The fourth-order valence-corrected chi connectivity index (χ4v) is 7.16. The van der Waals surface area contributed by atoms with Crippen LogP contribution in [0.2, 0.25) is 0 Å². The Morgan fingerprint density at radius 3 is 2.34 bits per heavy atom. The number of nitrogens with zero attached hydrogens (tertiary/aromatic N) is 1. The van der Waals surface area contributed by atoms with Crippen LogP contribution in [0.5, 0.6) is 0 Å². The minimum Gasteiger partial charge on any atom is -0.478 e. The van der Waals surface area contributed by atoms with Crippen molar-refractivity contribution in [3.05, 3.63) is 65.2 Å². The van der Waals surface area contributed by atoms with Crippen LogP contribution in [0.3, 0.4) is 0 Å². The van der Waals surface area contributed by atoms with Crippen molar-refractivity contribution in [2.24, 2.45) is 0 Å². The summed E-state index contributed by atoms with van der Waals surface area (Å²) < 4.78 is 52.0. The third-order valence-corrected chi connectivity index (χ3v) is 8.58. The zero-order chi connectivity index (χ0) is 21.4. The quantitative estimate of drug-likeness (QED) is 0.688. The molecular weight excluding hydrogens is 418 g/mol. The SMILES string of the molecule is Cc1ccc(C(=O)O)cc1S(=O)(=O)N(Cc1ccccc1)[C@@H]1CS(=O)(=O)C[C@H]1O. The molecule has 0 unspecified atom stereocenters. The molecule has 156 valence electrons. The molecule has 1 heterocycles. The van der Waals surface area contributed by atoms with Crippen LogP contribution in [-0.2, 0) is 26.4 Å². The Balaban J connectivity index is 2.12. The lowest BCUT2D eigenvalue weighted by atomic mass is 10.1. The Labute approximate surface area is 169 Å². The molecule has 10 heteroatoms. The number of sulfone groups is 1. The number of carbonyl (C=O) groups is 1. The molecule has 0 amide bonds. The summed E-state index contributed by atoms with van der Waals surface area (Å²) in [7, 11) is -7.91. The average molecular weight is 440 g/mol. The zero-order valence-corrected chi connectivity index (χ0v) is 17.2. The van der Waals surface area contributed by atoms with Crippen molar-refractivity contribution in [1.29, 1.82) is 0 Å². The van der Waals surface area contributed by atoms with Crippen molar-refractivity contribution in [3.63, 3.8) is 0 Å². The van der Waals surface area contributed by atoms with Crippen molar-refractivity contribution in [3.8, 4) is 0 Å². The van der Waals surface area contributed by atoms with E-state index < -0.39 is 49.5 Å². The van der Waals surface area contributed by atoms with Gasteiger partial charge in [0.25, 0.3) is 0 Å². The summed E-state index contributed by atoms with van der Waals surface area (Å²) in [6.45, 7) is 1.37. The highest BCUT2D eigenvalue weighted by atomic mass is 32.2. The van der Waals surface area contributed by atoms with Crippen LogP contribution < -0.4 is 0 Å². The van der Waals surface area contributed by atoms with Gasteiger partial charge in [0.15, 0.2) is 9.84 Å². The Bertz CT molecular complexity index is 1130. The highest BCUT2D eigenvalue weighted by Gasteiger charge is 2.45. The molecule has 0 spiro atoms. The van der Waals surface area contributed by atoms with Crippen LogP contribution in [0, 0.1) is 6.92 Å². The summed E-state index contributed by atoms with van der Waals surface area (Å²) in [6.07, 6.45) is -1.37. The summed E-state index contributed by atoms with van der Waals surface area (Å²) in [5, 5.41) is 19.6. The zero-order valence-electron chi connectivity index (χ0n) is 15.6. The molecule has 0 aromatic heterocycles. The lowest BCUT2D eigenvalue weighted by Gasteiger charge is -2.30. The summed E-state index contributed by atoms with van der Waals surface area (Å²) in [4.78, 5) is 11.1. The molecule has 0 bridgehead atoms. The van der Waals surface area contributed by atoms with E-state index in [0.29, 0.717) is 11.1 Å². The number of aliphatic hydroxyl groups is 1. The molecule has 0 saturated carbocycles. The predicted octanol–water partition coefficient (Wildman–Crippen LogP) is 1.04. The first-order valence-corrected chi connectivity index (χ1v) is 12.1. The molecule has 2 aromatic rings. The Morgan fingerprint density at radius 1 is 1.14 bits per heavy atom. The van der Waals surface area contributed by atoms with Gasteiger partial charge >= 0.3 is 5.97 Å². The van der Waals surface area contributed by atoms with E-state index >= 15 is 0 Å². The lowest BCUT2D eigenvalue weighted by Crippen LogP contribution is -2.46. The van der Waals surface area contributed by atoms with Crippen LogP contribution >= 0.6 is 0 Å². The van der Waals surface area contributed by atoms with E-state index in [-0.39, 0.29) is 17.0 Å². The van der Waals surface area contributed by atoms with Gasteiger partial charge in [0.2, 0.25) is 10.0 Å². The van der Waals surface area contributed by atoms with E-state index in [1.54, 1.807) is 30.3 Å². The molecule has 1 aliphatic heterocycles. The molecule has 29 heavy (non-hydrogen) atoms. The van der Waals surface area contributed by atoms with Crippen molar-refractivity contribution in [1.82, 2.24) is 4.31 Å². The van der Waals surface area contributed by atoms with E-state index in [0.717, 1.165) is 10.4 Å². The molecule has 3 rings (SSSR count). The number of carboxylic acid groups (broad SMARTS) is 1. The highest BCUT2D eigenvalue weighted by Crippen LogP contribution is 2.29. The highest BCUT2D eigenvalue weighted by molar-refractivity contribution is 7.92. The molecule has 0 radical (unpaired) electrons. The van der Waals surface area contributed by atoms with E-state index in [1.807, 2.05) is 0 Å². The first-order chi connectivity index (χ1) is 13.5. The Hall–Kier alpha value is -2.27. The van der Waals surface area contributed by atoms with Gasteiger partial charge in [-0.3, -0.25) is 0 Å². The van der Waals surface area contributed by atoms with Crippen LogP contribution in [0.25, 0.3) is 0 Å². The molecule has 2 atom stereocenters. The topological polar surface area (TPSA) is 129 Å². The van der Waals surface area contributed by atoms with E-state index in [4.69, 9.17) is 0 Å². The molecule has 1 fully saturated rings. The van der Waals surface area contributed by atoms with Gasteiger partial charge in [-0.15, -0.1) is 0 Å². The normalized spacial score (nSPS) is 21.3. The van der Waals surface area contributed by atoms with Crippen molar-refractivity contribution < 1.29 is 31.8 Å². The molecule has 0 aliphatic carbocycles. The second-order valence-electron chi connectivity index (χ2n) is 7.03. The minimum absolute atomic E-state index is 0.156. The largest absolute Gasteiger partial charge is 0.478 e. The predicted molar refractivity (Wildman–Crippen MR) is 106 cm³/mol. The van der Waals surface area contributed by atoms with Crippen molar-refractivity contribution >= 4 is 25.8 Å². The molecular formula is C19H21NO7S2. The number of aromatic carboxylic acids is 1. The number of aliphatic hydroxyl groups excluding tert-OH is 1. The third-order valence-electron chi connectivity index (χ3n) is 4.87. The Kier molecular flexibility index (Phi) is 5.81. The summed E-state index contributed by atoms with van der Waals surface area (Å²) in [5.41, 5.74) is 0.733. The van der Waals surface area contributed by atoms with Gasteiger partial charge in [0.05, 0.1) is 34.1 Å². The van der Waals surface area contributed by atoms with Crippen molar-refractivity contribution in [2.75, 3.05) is 11.5 Å². The second-order valence-corrected chi connectivity index (χ2v) is 11.0. The van der Waals surface area contributed by atoms with Gasteiger partial charge in [-0.05, 0) is 30.2 Å². The number of sulfonamides is 1. The van der Waals surface area contributed by atoms with E-state index in [2.05, 4.69) is 0 Å². The molecule has 2 N–H and O–H groups in total. The Morgan fingerprint density at radius 2 is 1.79 bits per heavy atom. The standard InChI is InChI=1S/C19H21NO7S2/c1-13-7-8-15(19(22)23)9-18(13)29(26,27)20(10-14-5-3-2-4-6-14)16-11-28(24,25)12-17(16)21/h2-9,16-17,21H,10-12H2,1H3,(H,22,23)/t16-,17-/m1/s1. The van der Waals surface area contributed by atoms with Gasteiger partial charge in [0, 0.05) is 6.54 Å². The van der Waals surface area contributed by atoms with Crippen LogP contribution in [0.4, 0.5) is 0 Å². The smallest absolute Gasteiger partial charge is 0.335 e. The number of carboxylic acids is 1. The maximum atomic E-state index is 13.5. The third kappa shape index (κ3) is 4.50. The fraction of sp³-hybridized carbons (Fsp3) is 0.316. The molecule has 8 nitrogen and oxygen atoms in total. The summed E-state index contributed by atoms with van der Waals surface area (Å²) in [6, 6.07) is 11.2. The first-order valence-electron chi connectivity index (χ1n) is 8.79. The first kappa shape index (κ1) is 21.4. The number of aryl methyl sites for hydroxylation is 1. The van der Waals surface area contributed by atoms with Gasteiger partial charge in [0.1, 0.15) is 0 Å². The van der Waals surface area contributed by atoms with Gasteiger partial charge < -0.3 is 10.2 Å². The lowest BCUT2D eigenvalue weighted by molar-refractivity contribution is 0.0696. The van der Waals surface area contributed by atoms with Gasteiger partial charge in [-0.2, -0.15) is 4.31 Å². The maximum Gasteiger partial charge on any atom is 0.335 e. The van der Waals surface area contributed by atoms with Crippen LogP contribution in [0.15, 0.2) is 53.4 Å². The fourth-order valence-electron chi connectivity index (χ4n) is 3.37. The number of hydrogen-bond donors (Lipinski definition) is 2. The summed E-state index contributed by atoms with van der Waals surface area (Å²) >= 11 is 0. The minimum atomic E-state index is -4.31. The van der Waals surface area contributed by atoms with E-state index in [9.17, 15) is 31.8 Å². The van der Waals surface area contributed by atoms with Crippen molar-refractivity contribution in [2.45, 2.75) is 30.5 Å². The number of rotatable bonds is 6. The molecule has 2 aromatic carbocycles. The molecule has 1 saturated heterocycles. The summed E-state index contributed by atoms with van der Waals surface area (Å²) in [5.74, 6) is -2.30. The van der Waals surface area contributed by atoms with Crippen LogP contribution in [-0.4, -0.2) is 61.0 Å². The average Bonchev–Trinajstić information content (AvgIpc) is 2.92. The number of benzene rings is 2. The van der Waals surface area contributed by atoms with Gasteiger partial charge in [-0.25, -0.2) is 21.6 Å². The monoisotopic (exact) mass is 439 g/mol. The van der Waals surface area contributed by atoms with E-state index in [1.165, 1.54) is 19.1 Å². The van der Waals surface area contributed by atoms with Crippen LogP contribution in [0.1, 0.15) is 21.5 Å². The maximum absolute atomic E-state index is 13.5.